The zero-order valence-electron chi connectivity index (χ0n) is 11.4. The summed E-state index contributed by atoms with van der Waals surface area (Å²) in [5, 5.41) is 4.01. The normalized spacial score (nSPS) is 12.9. The summed E-state index contributed by atoms with van der Waals surface area (Å²) in [5.41, 5.74) is 8.13. The minimum atomic E-state index is -0.203. The highest BCUT2D eigenvalue weighted by Crippen LogP contribution is 2.28. The molecule has 0 radical (unpaired) electrons. The number of nitrogens with zero attached hydrogens (tertiary/aromatic N) is 2. The monoisotopic (exact) mass is 323 g/mol. The SMILES string of the molecule is Cc1ccc(-c2noc(C(N)CC(C)C)n2)c(Br)c1. The maximum Gasteiger partial charge on any atom is 0.243 e. The van der Waals surface area contributed by atoms with Crippen LogP contribution in [0, 0.1) is 12.8 Å². The number of benzene rings is 1. The van der Waals surface area contributed by atoms with Crippen LogP contribution in [0.25, 0.3) is 11.4 Å². The van der Waals surface area contributed by atoms with Crippen molar-refractivity contribution in [2.75, 3.05) is 0 Å². The molecular weight excluding hydrogens is 306 g/mol. The molecule has 0 amide bonds. The number of rotatable bonds is 4. The Morgan fingerprint density at radius 3 is 2.74 bits per heavy atom. The van der Waals surface area contributed by atoms with Gasteiger partial charge in [0.15, 0.2) is 0 Å². The van der Waals surface area contributed by atoms with Crippen LogP contribution in [-0.2, 0) is 0 Å². The molecule has 0 aliphatic carbocycles. The van der Waals surface area contributed by atoms with E-state index < -0.39 is 0 Å². The van der Waals surface area contributed by atoms with Crippen molar-refractivity contribution in [3.63, 3.8) is 0 Å². The molecule has 0 aliphatic heterocycles. The highest BCUT2D eigenvalue weighted by atomic mass is 79.9. The largest absolute Gasteiger partial charge is 0.337 e. The second-order valence-corrected chi connectivity index (χ2v) is 6.03. The smallest absolute Gasteiger partial charge is 0.243 e. The number of hydrogen-bond donors (Lipinski definition) is 1. The molecule has 0 saturated heterocycles. The van der Waals surface area contributed by atoms with Gasteiger partial charge in [0, 0.05) is 10.0 Å². The van der Waals surface area contributed by atoms with Crippen LogP contribution in [0.4, 0.5) is 0 Å². The number of aryl methyl sites for hydroxylation is 1. The Morgan fingerprint density at radius 1 is 1.37 bits per heavy atom. The third kappa shape index (κ3) is 3.42. The van der Waals surface area contributed by atoms with Gasteiger partial charge in [-0.2, -0.15) is 4.98 Å². The molecule has 2 N–H and O–H groups in total. The maximum absolute atomic E-state index is 6.04. The second-order valence-electron chi connectivity index (χ2n) is 5.18. The molecule has 0 bridgehead atoms. The second kappa shape index (κ2) is 5.84. The summed E-state index contributed by atoms with van der Waals surface area (Å²) in [6.45, 7) is 6.27. The van der Waals surface area contributed by atoms with Crippen molar-refractivity contribution in [2.24, 2.45) is 11.7 Å². The first-order valence-electron chi connectivity index (χ1n) is 6.33. The molecule has 0 spiro atoms. The van der Waals surface area contributed by atoms with Crippen LogP contribution in [0.3, 0.4) is 0 Å². The van der Waals surface area contributed by atoms with Gasteiger partial charge in [0.25, 0.3) is 0 Å². The Kier molecular flexibility index (Phi) is 4.37. The van der Waals surface area contributed by atoms with E-state index in [1.165, 1.54) is 5.56 Å². The van der Waals surface area contributed by atoms with Crippen molar-refractivity contribution in [1.82, 2.24) is 10.1 Å². The molecule has 4 nitrogen and oxygen atoms in total. The van der Waals surface area contributed by atoms with E-state index in [0.717, 1.165) is 16.5 Å². The summed E-state index contributed by atoms with van der Waals surface area (Å²) in [6, 6.07) is 5.82. The van der Waals surface area contributed by atoms with Crippen molar-refractivity contribution >= 4 is 15.9 Å². The molecule has 102 valence electrons. The van der Waals surface area contributed by atoms with Crippen LogP contribution < -0.4 is 5.73 Å². The molecule has 0 saturated carbocycles. The predicted molar refractivity (Wildman–Crippen MR) is 78.6 cm³/mol. The fourth-order valence-corrected chi connectivity index (χ4v) is 2.58. The van der Waals surface area contributed by atoms with Gasteiger partial charge in [-0.25, -0.2) is 0 Å². The first-order valence-corrected chi connectivity index (χ1v) is 7.12. The van der Waals surface area contributed by atoms with Gasteiger partial charge < -0.3 is 10.3 Å². The predicted octanol–water partition coefficient (Wildman–Crippen LogP) is 3.85. The van der Waals surface area contributed by atoms with E-state index in [0.29, 0.717) is 17.6 Å². The molecule has 0 aliphatic rings. The molecule has 1 aromatic heterocycles. The zero-order chi connectivity index (χ0) is 14.0. The fourth-order valence-electron chi connectivity index (χ4n) is 1.91. The first-order chi connectivity index (χ1) is 8.97. The Labute approximate surface area is 121 Å². The van der Waals surface area contributed by atoms with Gasteiger partial charge in [-0.3, -0.25) is 0 Å². The standard InChI is InChI=1S/C14H18BrN3O/c1-8(2)6-12(16)14-17-13(18-19-14)10-5-4-9(3)7-11(10)15/h4-5,7-8,12H,6,16H2,1-3H3. The highest BCUT2D eigenvalue weighted by molar-refractivity contribution is 9.10. The lowest BCUT2D eigenvalue weighted by atomic mass is 10.0. The van der Waals surface area contributed by atoms with E-state index in [-0.39, 0.29) is 6.04 Å². The molecule has 2 rings (SSSR count). The summed E-state index contributed by atoms with van der Waals surface area (Å²) in [4.78, 5) is 4.39. The Bertz CT molecular complexity index is 566. The van der Waals surface area contributed by atoms with E-state index in [2.05, 4.69) is 39.9 Å². The van der Waals surface area contributed by atoms with Crippen LogP contribution >= 0.6 is 15.9 Å². The third-order valence-electron chi connectivity index (χ3n) is 2.85. The minimum absolute atomic E-state index is 0.203. The van der Waals surface area contributed by atoms with Gasteiger partial charge in [0.1, 0.15) is 0 Å². The summed E-state index contributed by atoms with van der Waals surface area (Å²) in [6.07, 6.45) is 0.830. The van der Waals surface area contributed by atoms with Gasteiger partial charge in [-0.05, 0) is 37.0 Å². The third-order valence-corrected chi connectivity index (χ3v) is 3.51. The molecule has 1 heterocycles. The molecule has 19 heavy (non-hydrogen) atoms. The van der Waals surface area contributed by atoms with Crippen LogP contribution in [-0.4, -0.2) is 10.1 Å². The average Bonchev–Trinajstić information content (AvgIpc) is 2.77. The van der Waals surface area contributed by atoms with Crippen LogP contribution in [0.2, 0.25) is 0 Å². The molecule has 1 unspecified atom stereocenters. The number of hydrogen-bond acceptors (Lipinski definition) is 4. The van der Waals surface area contributed by atoms with Crippen molar-refractivity contribution in [3.8, 4) is 11.4 Å². The molecule has 1 atom stereocenters. The zero-order valence-corrected chi connectivity index (χ0v) is 12.9. The molecular formula is C14H18BrN3O. The number of halogens is 1. The maximum atomic E-state index is 6.04. The number of aromatic nitrogens is 2. The Hall–Kier alpha value is -1.20. The molecule has 0 fully saturated rings. The van der Waals surface area contributed by atoms with Crippen LogP contribution in [0.15, 0.2) is 27.2 Å². The van der Waals surface area contributed by atoms with Crippen LogP contribution in [0.5, 0.6) is 0 Å². The summed E-state index contributed by atoms with van der Waals surface area (Å²) >= 11 is 3.52. The van der Waals surface area contributed by atoms with Gasteiger partial charge >= 0.3 is 0 Å². The van der Waals surface area contributed by atoms with Crippen molar-refractivity contribution < 1.29 is 4.52 Å². The summed E-state index contributed by atoms with van der Waals surface area (Å²) < 4.78 is 6.22. The summed E-state index contributed by atoms with van der Waals surface area (Å²) in [5.74, 6) is 1.56. The quantitative estimate of drug-likeness (QED) is 0.927. The summed E-state index contributed by atoms with van der Waals surface area (Å²) in [7, 11) is 0. The van der Waals surface area contributed by atoms with E-state index >= 15 is 0 Å². The van der Waals surface area contributed by atoms with Gasteiger partial charge in [-0.1, -0.05) is 41.0 Å². The van der Waals surface area contributed by atoms with Crippen molar-refractivity contribution in [2.45, 2.75) is 33.2 Å². The van der Waals surface area contributed by atoms with Gasteiger partial charge in [0.2, 0.25) is 11.7 Å². The lowest BCUT2D eigenvalue weighted by Gasteiger charge is -2.08. The van der Waals surface area contributed by atoms with E-state index in [4.69, 9.17) is 10.3 Å². The molecule has 1 aromatic carbocycles. The van der Waals surface area contributed by atoms with Gasteiger partial charge in [0.05, 0.1) is 6.04 Å². The van der Waals surface area contributed by atoms with Gasteiger partial charge in [-0.15, -0.1) is 0 Å². The van der Waals surface area contributed by atoms with Crippen LogP contribution in [0.1, 0.15) is 37.8 Å². The first kappa shape index (κ1) is 14.2. The Balaban J connectivity index is 2.25. The average molecular weight is 324 g/mol. The van der Waals surface area contributed by atoms with Crippen molar-refractivity contribution in [1.29, 1.82) is 0 Å². The Morgan fingerprint density at radius 2 is 2.11 bits per heavy atom. The van der Waals surface area contributed by atoms with E-state index in [9.17, 15) is 0 Å². The highest BCUT2D eigenvalue weighted by Gasteiger charge is 2.17. The lowest BCUT2D eigenvalue weighted by Crippen LogP contribution is -2.13. The molecule has 5 heteroatoms. The van der Waals surface area contributed by atoms with E-state index in [1.54, 1.807) is 0 Å². The van der Waals surface area contributed by atoms with Crippen molar-refractivity contribution in [3.05, 3.63) is 34.1 Å². The fraction of sp³-hybridized carbons (Fsp3) is 0.429. The van der Waals surface area contributed by atoms with E-state index in [1.807, 2.05) is 25.1 Å². The number of nitrogens with two attached hydrogens (primary N) is 1. The lowest BCUT2D eigenvalue weighted by molar-refractivity contribution is 0.335. The molecule has 2 aromatic rings. The minimum Gasteiger partial charge on any atom is -0.337 e. The topological polar surface area (TPSA) is 64.9 Å².